The smallest absolute Gasteiger partial charge is 0.222 e. The maximum atomic E-state index is 12.2. The molecule has 1 atom stereocenters. The standard InChI is InChI=1S/C18H26N2O2/c21-13-16-3-1-2-15(10-16)11-19-17-6-7-18(22)20(9-8-17)12-14-4-5-14/h1-3,10,14,17,19,21H,4-9,11-13H2. The van der Waals surface area contributed by atoms with E-state index in [0.717, 1.165) is 44.0 Å². The molecular weight excluding hydrogens is 276 g/mol. The summed E-state index contributed by atoms with van der Waals surface area (Å²) in [6.07, 6.45) is 5.23. The van der Waals surface area contributed by atoms with E-state index in [4.69, 9.17) is 0 Å². The molecule has 0 aromatic heterocycles. The first-order chi connectivity index (χ1) is 10.7. The lowest BCUT2D eigenvalue weighted by Crippen LogP contribution is -2.33. The summed E-state index contributed by atoms with van der Waals surface area (Å²) in [4.78, 5) is 14.2. The molecule has 1 heterocycles. The summed E-state index contributed by atoms with van der Waals surface area (Å²) < 4.78 is 0. The summed E-state index contributed by atoms with van der Waals surface area (Å²) in [5, 5.41) is 12.8. The number of carbonyl (C=O) groups is 1. The lowest BCUT2D eigenvalue weighted by molar-refractivity contribution is -0.130. The molecule has 0 bridgehead atoms. The molecular formula is C18H26N2O2. The molecule has 1 unspecified atom stereocenters. The fourth-order valence-electron chi connectivity index (χ4n) is 3.15. The van der Waals surface area contributed by atoms with Crippen LogP contribution in [0.15, 0.2) is 24.3 Å². The van der Waals surface area contributed by atoms with Gasteiger partial charge in [0.1, 0.15) is 0 Å². The highest BCUT2D eigenvalue weighted by atomic mass is 16.3. The topological polar surface area (TPSA) is 52.6 Å². The third-order valence-electron chi connectivity index (χ3n) is 4.75. The van der Waals surface area contributed by atoms with Gasteiger partial charge < -0.3 is 15.3 Å². The zero-order chi connectivity index (χ0) is 15.4. The van der Waals surface area contributed by atoms with E-state index in [1.54, 1.807) is 0 Å². The van der Waals surface area contributed by atoms with Gasteiger partial charge >= 0.3 is 0 Å². The van der Waals surface area contributed by atoms with Gasteiger partial charge in [-0.15, -0.1) is 0 Å². The van der Waals surface area contributed by atoms with Crippen LogP contribution in [0.1, 0.15) is 43.2 Å². The average Bonchev–Trinajstić information content (AvgIpc) is 3.37. The van der Waals surface area contributed by atoms with Gasteiger partial charge in [0.2, 0.25) is 5.91 Å². The summed E-state index contributed by atoms with van der Waals surface area (Å²) in [6.45, 7) is 2.75. The largest absolute Gasteiger partial charge is 0.392 e. The van der Waals surface area contributed by atoms with E-state index in [1.807, 2.05) is 18.2 Å². The monoisotopic (exact) mass is 302 g/mol. The minimum absolute atomic E-state index is 0.0852. The SMILES string of the molecule is O=C1CCC(NCc2cccc(CO)c2)CCN1CC1CC1. The van der Waals surface area contributed by atoms with Gasteiger partial charge in [0, 0.05) is 32.1 Å². The van der Waals surface area contributed by atoms with E-state index >= 15 is 0 Å². The molecule has 22 heavy (non-hydrogen) atoms. The second-order valence-corrected chi connectivity index (χ2v) is 6.67. The molecule has 120 valence electrons. The van der Waals surface area contributed by atoms with Gasteiger partial charge in [0.05, 0.1) is 6.61 Å². The highest BCUT2D eigenvalue weighted by Crippen LogP contribution is 2.30. The van der Waals surface area contributed by atoms with Crippen LogP contribution < -0.4 is 5.32 Å². The van der Waals surface area contributed by atoms with E-state index in [1.165, 1.54) is 18.4 Å². The average molecular weight is 302 g/mol. The van der Waals surface area contributed by atoms with Crippen LogP contribution in [0.5, 0.6) is 0 Å². The Bertz CT molecular complexity index is 514. The second-order valence-electron chi connectivity index (χ2n) is 6.67. The molecule has 1 saturated carbocycles. The van der Waals surface area contributed by atoms with Crippen LogP contribution in [0.25, 0.3) is 0 Å². The van der Waals surface area contributed by atoms with Crippen LogP contribution in [0.3, 0.4) is 0 Å². The van der Waals surface area contributed by atoms with Crippen molar-refractivity contribution in [2.75, 3.05) is 13.1 Å². The van der Waals surface area contributed by atoms with E-state index < -0.39 is 0 Å². The Balaban J connectivity index is 1.49. The van der Waals surface area contributed by atoms with Crippen LogP contribution >= 0.6 is 0 Å². The van der Waals surface area contributed by atoms with Crippen molar-refractivity contribution >= 4 is 5.91 Å². The van der Waals surface area contributed by atoms with Crippen molar-refractivity contribution in [3.8, 4) is 0 Å². The van der Waals surface area contributed by atoms with Crippen LogP contribution in [-0.2, 0) is 17.9 Å². The fraction of sp³-hybridized carbons (Fsp3) is 0.611. The molecule has 3 rings (SSSR count). The first-order valence-electron chi connectivity index (χ1n) is 8.44. The predicted octanol–water partition coefficient (Wildman–Crippen LogP) is 2.06. The molecule has 1 aliphatic heterocycles. The van der Waals surface area contributed by atoms with E-state index in [0.29, 0.717) is 18.4 Å². The van der Waals surface area contributed by atoms with Crippen LogP contribution in [0.2, 0.25) is 0 Å². The highest BCUT2D eigenvalue weighted by Gasteiger charge is 2.28. The number of aliphatic hydroxyl groups excluding tert-OH is 1. The number of hydrogen-bond acceptors (Lipinski definition) is 3. The van der Waals surface area contributed by atoms with Crippen molar-refractivity contribution in [3.63, 3.8) is 0 Å². The lowest BCUT2D eigenvalue weighted by Gasteiger charge is -2.21. The summed E-state index contributed by atoms with van der Waals surface area (Å²) in [5.74, 6) is 1.10. The van der Waals surface area contributed by atoms with Crippen LogP contribution in [0.4, 0.5) is 0 Å². The molecule has 4 nitrogen and oxygen atoms in total. The van der Waals surface area contributed by atoms with Crippen molar-refractivity contribution in [2.45, 2.75) is 51.3 Å². The van der Waals surface area contributed by atoms with Gasteiger partial charge in [-0.05, 0) is 42.7 Å². The first-order valence-corrected chi connectivity index (χ1v) is 8.44. The number of amides is 1. The predicted molar refractivity (Wildman–Crippen MR) is 86.1 cm³/mol. The van der Waals surface area contributed by atoms with Gasteiger partial charge in [0.25, 0.3) is 0 Å². The number of nitrogens with one attached hydrogen (secondary N) is 1. The Morgan fingerprint density at radius 1 is 1.18 bits per heavy atom. The van der Waals surface area contributed by atoms with Crippen molar-refractivity contribution in [3.05, 3.63) is 35.4 Å². The van der Waals surface area contributed by atoms with E-state index in [9.17, 15) is 9.90 Å². The Morgan fingerprint density at radius 2 is 2.00 bits per heavy atom. The maximum Gasteiger partial charge on any atom is 0.222 e. The minimum Gasteiger partial charge on any atom is -0.392 e. The number of rotatable bonds is 6. The number of benzene rings is 1. The maximum absolute atomic E-state index is 12.2. The lowest BCUT2D eigenvalue weighted by atomic mass is 10.1. The molecule has 1 aromatic rings. The van der Waals surface area contributed by atoms with Crippen molar-refractivity contribution in [2.24, 2.45) is 5.92 Å². The molecule has 0 radical (unpaired) electrons. The molecule has 2 fully saturated rings. The number of hydrogen-bond donors (Lipinski definition) is 2. The number of nitrogens with zero attached hydrogens (tertiary/aromatic N) is 1. The molecule has 2 aliphatic rings. The normalized spacial score (nSPS) is 22.7. The minimum atomic E-state index is 0.0852. The van der Waals surface area contributed by atoms with Crippen LogP contribution in [0, 0.1) is 5.92 Å². The third-order valence-corrected chi connectivity index (χ3v) is 4.75. The Morgan fingerprint density at radius 3 is 2.77 bits per heavy atom. The molecule has 2 N–H and O–H groups in total. The zero-order valence-corrected chi connectivity index (χ0v) is 13.1. The summed E-state index contributed by atoms with van der Waals surface area (Å²) in [5.41, 5.74) is 2.14. The fourth-order valence-corrected chi connectivity index (χ4v) is 3.15. The van der Waals surface area contributed by atoms with Gasteiger partial charge in [-0.3, -0.25) is 4.79 Å². The van der Waals surface area contributed by atoms with Gasteiger partial charge in [-0.25, -0.2) is 0 Å². The van der Waals surface area contributed by atoms with Crippen molar-refractivity contribution in [1.29, 1.82) is 0 Å². The summed E-state index contributed by atoms with van der Waals surface area (Å²) in [6, 6.07) is 8.44. The number of carbonyl (C=O) groups excluding carboxylic acids is 1. The molecule has 4 heteroatoms. The first kappa shape index (κ1) is 15.5. The second kappa shape index (κ2) is 7.25. The number of likely N-dealkylation sites (tertiary alicyclic amines) is 1. The van der Waals surface area contributed by atoms with Gasteiger partial charge in [-0.1, -0.05) is 24.3 Å². The molecule has 1 aliphatic carbocycles. The van der Waals surface area contributed by atoms with Crippen molar-refractivity contribution < 1.29 is 9.90 Å². The quantitative estimate of drug-likeness (QED) is 0.846. The highest BCUT2D eigenvalue weighted by molar-refractivity contribution is 5.76. The molecule has 1 amide bonds. The summed E-state index contributed by atoms with van der Waals surface area (Å²) in [7, 11) is 0. The van der Waals surface area contributed by atoms with Crippen molar-refractivity contribution in [1.82, 2.24) is 10.2 Å². The third kappa shape index (κ3) is 4.31. The van der Waals surface area contributed by atoms with Crippen LogP contribution in [-0.4, -0.2) is 35.0 Å². The molecule has 0 spiro atoms. The van der Waals surface area contributed by atoms with Gasteiger partial charge in [0.15, 0.2) is 0 Å². The summed E-state index contributed by atoms with van der Waals surface area (Å²) >= 11 is 0. The number of aliphatic hydroxyl groups is 1. The van der Waals surface area contributed by atoms with E-state index in [2.05, 4.69) is 16.3 Å². The molecule has 1 aromatic carbocycles. The Kier molecular flexibility index (Phi) is 5.11. The molecule has 1 saturated heterocycles. The van der Waals surface area contributed by atoms with Gasteiger partial charge in [-0.2, -0.15) is 0 Å². The van der Waals surface area contributed by atoms with E-state index in [-0.39, 0.29) is 6.61 Å². The Hall–Kier alpha value is -1.39. The Labute approximate surface area is 132 Å². The zero-order valence-electron chi connectivity index (χ0n) is 13.1.